The highest BCUT2D eigenvalue weighted by atomic mass is 32.2. The molecule has 4 nitrogen and oxygen atoms in total. The molecule has 0 bridgehead atoms. The van der Waals surface area contributed by atoms with Crippen LogP contribution in [-0.4, -0.2) is 32.7 Å². The van der Waals surface area contributed by atoms with E-state index in [9.17, 15) is 9.59 Å². The molecule has 1 amide bonds. The van der Waals surface area contributed by atoms with E-state index in [0.717, 1.165) is 16.3 Å². The summed E-state index contributed by atoms with van der Waals surface area (Å²) in [5.41, 5.74) is 1.12. The summed E-state index contributed by atoms with van der Waals surface area (Å²) in [6, 6.07) is 8.03. The highest BCUT2D eigenvalue weighted by Gasteiger charge is 2.30. The average Bonchev–Trinajstić information content (AvgIpc) is 2.78. The van der Waals surface area contributed by atoms with Gasteiger partial charge in [-0.3, -0.25) is 14.6 Å². The standard InChI is InChI=1S/C16H16N2O2S/c1-11(19)21-14-7-16(20)18(10-14)9-13-4-2-3-12-8-17-6-5-15(12)13/h2-6,8,14H,7,9-10H2,1H3. The van der Waals surface area contributed by atoms with Gasteiger partial charge in [0.1, 0.15) is 0 Å². The van der Waals surface area contributed by atoms with Crippen molar-refractivity contribution in [2.24, 2.45) is 0 Å². The van der Waals surface area contributed by atoms with Crippen molar-refractivity contribution in [1.82, 2.24) is 9.88 Å². The van der Waals surface area contributed by atoms with E-state index in [0.29, 0.717) is 19.5 Å². The second-order valence-corrected chi connectivity index (χ2v) is 6.70. The molecule has 1 aromatic carbocycles. The Balaban J connectivity index is 1.79. The third kappa shape index (κ3) is 3.08. The summed E-state index contributed by atoms with van der Waals surface area (Å²) in [5, 5.41) is 2.37. The molecule has 0 N–H and O–H groups in total. The molecule has 0 radical (unpaired) electrons. The molecule has 1 aliphatic heterocycles. The molecule has 1 aliphatic rings. The van der Waals surface area contributed by atoms with Crippen LogP contribution in [-0.2, 0) is 16.1 Å². The largest absolute Gasteiger partial charge is 0.337 e. The lowest BCUT2D eigenvalue weighted by Gasteiger charge is -2.17. The molecule has 3 rings (SSSR count). The fraction of sp³-hybridized carbons (Fsp3) is 0.312. The molecule has 1 fully saturated rings. The summed E-state index contributed by atoms with van der Waals surface area (Å²) in [7, 11) is 0. The van der Waals surface area contributed by atoms with Crippen LogP contribution >= 0.6 is 11.8 Å². The first kappa shape index (κ1) is 14.1. The van der Waals surface area contributed by atoms with E-state index >= 15 is 0 Å². The summed E-state index contributed by atoms with van der Waals surface area (Å²) in [4.78, 5) is 29.2. The fourth-order valence-corrected chi connectivity index (χ4v) is 3.69. The number of carbonyl (C=O) groups is 2. The molecule has 0 aliphatic carbocycles. The predicted octanol–water partition coefficient (Wildman–Crippen LogP) is 2.62. The topological polar surface area (TPSA) is 50.3 Å². The Hall–Kier alpha value is -1.88. The summed E-state index contributed by atoms with van der Waals surface area (Å²) >= 11 is 1.27. The third-order valence-corrected chi connectivity index (χ3v) is 4.62. The monoisotopic (exact) mass is 300 g/mol. The van der Waals surface area contributed by atoms with Crippen molar-refractivity contribution in [1.29, 1.82) is 0 Å². The zero-order valence-electron chi connectivity index (χ0n) is 11.8. The quantitative estimate of drug-likeness (QED) is 0.874. The number of benzene rings is 1. The second kappa shape index (κ2) is 5.85. The highest BCUT2D eigenvalue weighted by Crippen LogP contribution is 2.27. The van der Waals surface area contributed by atoms with Gasteiger partial charge in [-0.05, 0) is 17.0 Å². The molecule has 2 heterocycles. The van der Waals surface area contributed by atoms with Gasteiger partial charge in [-0.25, -0.2) is 0 Å². The summed E-state index contributed by atoms with van der Waals surface area (Å²) in [6.45, 7) is 2.79. The van der Waals surface area contributed by atoms with Crippen molar-refractivity contribution >= 4 is 33.6 Å². The van der Waals surface area contributed by atoms with E-state index in [1.807, 2.05) is 35.4 Å². The second-order valence-electron chi connectivity index (χ2n) is 5.22. The molecule has 0 saturated carbocycles. The lowest BCUT2D eigenvalue weighted by molar-refractivity contribution is -0.128. The van der Waals surface area contributed by atoms with Crippen LogP contribution in [0.2, 0.25) is 0 Å². The Bertz CT molecular complexity index is 696. The fourth-order valence-electron chi connectivity index (χ4n) is 2.74. The van der Waals surface area contributed by atoms with Gasteiger partial charge >= 0.3 is 0 Å². The van der Waals surface area contributed by atoms with E-state index in [1.54, 1.807) is 13.1 Å². The lowest BCUT2D eigenvalue weighted by atomic mass is 10.1. The maximum Gasteiger partial charge on any atom is 0.224 e. The van der Waals surface area contributed by atoms with E-state index in [-0.39, 0.29) is 16.3 Å². The van der Waals surface area contributed by atoms with Gasteiger partial charge in [0.2, 0.25) is 5.91 Å². The van der Waals surface area contributed by atoms with Crippen LogP contribution in [0, 0.1) is 0 Å². The Morgan fingerprint density at radius 2 is 2.29 bits per heavy atom. The maximum atomic E-state index is 12.1. The molecule has 5 heteroatoms. The van der Waals surface area contributed by atoms with Gasteiger partial charge in [0.25, 0.3) is 0 Å². The number of pyridine rings is 1. The predicted molar refractivity (Wildman–Crippen MR) is 83.8 cm³/mol. The average molecular weight is 300 g/mol. The van der Waals surface area contributed by atoms with Crippen molar-refractivity contribution in [3.05, 3.63) is 42.2 Å². The van der Waals surface area contributed by atoms with Crippen LogP contribution in [0.1, 0.15) is 18.9 Å². The maximum absolute atomic E-state index is 12.1. The van der Waals surface area contributed by atoms with Crippen LogP contribution in [0.5, 0.6) is 0 Å². The normalized spacial score (nSPS) is 18.4. The van der Waals surface area contributed by atoms with E-state index in [1.165, 1.54) is 11.8 Å². The molecule has 0 spiro atoms. The van der Waals surface area contributed by atoms with Gasteiger partial charge in [-0.15, -0.1) is 0 Å². The lowest BCUT2D eigenvalue weighted by Crippen LogP contribution is -2.25. The minimum Gasteiger partial charge on any atom is -0.337 e. The van der Waals surface area contributed by atoms with Crippen LogP contribution in [0.15, 0.2) is 36.7 Å². The third-order valence-electron chi connectivity index (χ3n) is 3.64. The molecule has 1 aromatic heterocycles. The van der Waals surface area contributed by atoms with Crippen LogP contribution in [0.4, 0.5) is 0 Å². The minimum atomic E-state index is 0.0749. The number of hydrogen-bond donors (Lipinski definition) is 0. The zero-order valence-corrected chi connectivity index (χ0v) is 12.6. The van der Waals surface area contributed by atoms with Crippen molar-refractivity contribution in [3.8, 4) is 0 Å². The van der Waals surface area contributed by atoms with Crippen molar-refractivity contribution < 1.29 is 9.59 Å². The summed E-state index contributed by atoms with van der Waals surface area (Å²) in [6.07, 6.45) is 4.06. The van der Waals surface area contributed by atoms with Gasteiger partial charge < -0.3 is 4.90 Å². The van der Waals surface area contributed by atoms with Crippen molar-refractivity contribution in [2.75, 3.05) is 6.54 Å². The molecule has 1 unspecified atom stereocenters. The minimum absolute atomic E-state index is 0.0749. The number of amides is 1. The number of hydrogen-bond acceptors (Lipinski definition) is 4. The van der Waals surface area contributed by atoms with Crippen LogP contribution < -0.4 is 0 Å². The number of fused-ring (bicyclic) bond motifs is 1. The van der Waals surface area contributed by atoms with E-state index < -0.39 is 0 Å². The number of aromatic nitrogens is 1. The molecule has 2 aromatic rings. The van der Waals surface area contributed by atoms with Gasteiger partial charge in [0.05, 0.1) is 0 Å². The molecule has 1 saturated heterocycles. The van der Waals surface area contributed by atoms with E-state index in [4.69, 9.17) is 0 Å². The molecule has 1 atom stereocenters. The number of carbonyl (C=O) groups excluding carboxylic acids is 2. The summed E-state index contributed by atoms with van der Waals surface area (Å²) < 4.78 is 0. The molecular formula is C16H16N2O2S. The van der Waals surface area contributed by atoms with Crippen LogP contribution in [0.25, 0.3) is 10.8 Å². The van der Waals surface area contributed by atoms with Crippen molar-refractivity contribution in [3.63, 3.8) is 0 Å². The first-order valence-electron chi connectivity index (χ1n) is 6.90. The number of nitrogens with zero attached hydrogens (tertiary/aromatic N) is 2. The molecular weight excluding hydrogens is 284 g/mol. The number of thioether (sulfide) groups is 1. The Kier molecular flexibility index (Phi) is 3.92. The smallest absolute Gasteiger partial charge is 0.224 e. The Labute approximate surface area is 127 Å². The SMILES string of the molecule is CC(=O)SC1CC(=O)N(Cc2cccc3cnccc23)C1. The van der Waals surface area contributed by atoms with Gasteiger partial charge in [0, 0.05) is 49.5 Å². The van der Waals surface area contributed by atoms with Crippen molar-refractivity contribution in [2.45, 2.75) is 25.1 Å². The van der Waals surface area contributed by atoms with Crippen LogP contribution in [0.3, 0.4) is 0 Å². The first-order valence-corrected chi connectivity index (χ1v) is 7.78. The van der Waals surface area contributed by atoms with Gasteiger partial charge in [0.15, 0.2) is 5.12 Å². The summed E-state index contributed by atoms with van der Waals surface area (Å²) in [5.74, 6) is 0.125. The van der Waals surface area contributed by atoms with E-state index in [2.05, 4.69) is 4.98 Å². The molecule has 21 heavy (non-hydrogen) atoms. The highest BCUT2D eigenvalue weighted by molar-refractivity contribution is 8.14. The Morgan fingerprint density at radius 3 is 3.10 bits per heavy atom. The first-order chi connectivity index (χ1) is 10.1. The Morgan fingerprint density at radius 1 is 1.43 bits per heavy atom. The molecule has 108 valence electrons. The zero-order chi connectivity index (χ0) is 14.8. The van der Waals surface area contributed by atoms with Gasteiger partial charge in [-0.1, -0.05) is 30.0 Å². The number of likely N-dealkylation sites (tertiary alicyclic amines) is 1. The number of rotatable bonds is 3. The van der Waals surface area contributed by atoms with Gasteiger partial charge in [-0.2, -0.15) is 0 Å².